The fourth-order valence-electron chi connectivity index (χ4n) is 2.72. The van der Waals surface area contributed by atoms with Crippen molar-refractivity contribution in [1.29, 1.82) is 0 Å². The van der Waals surface area contributed by atoms with E-state index in [1.54, 1.807) is 0 Å². The van der Waals surface area contributed by atoms with Gasteiger partial charge in [0.15, 0.2) is 0 Å². The topological polar surface area (TPSA) is 49.3 Å². The normalized spacial score (nSPS) is 28.2. The molecular formula is C14H17NO2. The molecule has 1 aromatic carbocycles. The minimum absolute atomic E-state index is 0.126. The first-order valence-electron chi connectivity index (χ1n) is 6.29. The van der Waals surface area contributed by atoms with Crippen LogP contribution in [0, 0.1) is 5.92 Å². The quantitative estimate of drug-likeness (QED) is 0.836. The van der Waals surface area contributed by atoms with E-state index < -0.39 is 5.97 Å². The first-order chi connectivity index (χ1) is 8.25. The number of carboxylic acid groups (broad SMARTS) is 1. The van der Waals surface area contributed by atoms with Crippen LogP contribution in [0.1, 0.15) is 35.8 Å². The second-order valence-electron chi connectivity index (χ2n) is 5.15. The number of rotatable bonds is 3. The molecule has 0 spiro atoms. The third-order valence-electron chi connectivity index (χ3n) is 3.94. The zero-order valence-electron chi connectivity index (χ0n) is 9.73. The van der Waals surface area contributed by atoms with Crippen molar-refractivity contribution in [3.63, 3.8) is 0 Å². The van der Waals surface area contributed by atoms with E-state index in [1.165, 1.54) is 18.4 Å². The van der Waals surface area contributed by atoms with Gasteiger partial charge in [0.1, 0.15) is 0 Å². The molecule has 2 N–H and O–H groups in total. The smallest absolute Gasteiger partial charge is 0.308 e. The maximum absolute atomic E-state index is 11.1. The summed E-state index contributed by atoms with van der Waals surface area (Å²) in [5.41, 5.74) is 2.57. The number of benzene rings is 1. The molecule has 1 heterocycles. The van der Waals surface area contributed by atoms with Gasteiger partial charge in [0.05, 0.1) is 5.92 Å². The van der Waals surface area contributed by atoms with E-state index in [0.29, 0.717) is 6.54 Å². The molecule has 1 saturated carbocycles. The van der Waals surface area contributed by atoms with Crippen molar-refractivity contribution < 1.29 is 9.90 Å². The molecule has 90 valence electrons. The number of carboxylic acids is 1. The molecule has 1 aliphatic carbocycles. The van der Waals surface area contributed by atoms with Crippen LogP contribution in [-0.2, 0) is 4.79 Å². The van der Waals surface area contributed by atoms with Gasteiger partial charge in [0.25, 0.3) is 0 Å². The van der Waals surface area contributed by atoms with E-state index in [9.17, 15) is 4.79 Å². The number of nitrogens with one attached hydrogen (secondary N) is 1. The van der Waals surface area contributed by atoms with E-state index in [-0.39, 0.29) is 11.8 Å². The third-order valence-corrected chi connectivity index (χ3v) is 3.94. The summed E-state index contributed by atoms with van der Waals surface area (Å²) in [5, 5.41) is 12.3. The van der Waals surface area contributed by atoms with Gasteiger partial charge in [-0.2, -0.15) is 0 Å². The van der Waals surface area contributed by atoms with Gasteiger partial charge < -0.3 is 10.4 Å². The lowest BCUT2D eigenvalue weighted by atomic mass is 9.88. The van der Waals surface area contributed by atoms with Crippen molar-refractivity contribution in [3.8, 4) is 0 Å². The Balaban J connectivity index is 1.80. The molecule has 17 heavy (non-hydrogen) atoms. The lowest BCUT2D eigenvalue weighted by molar-refractivity contribution is -0.141. The Morgan fingerprint density at radius 1 is 1.12 bits per heavy atom. The molecule has 0 amide bonds. The van der Waals surface area contributed by atoms with Crippen LogP contribution in [-0.4, -0.2) is 24.2 Å². The minimum atomic E-state index is -0.689. The predicted molar refractivity (Wildman–Crippen MR) is 65.2 cm³/mol. The predicted octanol–water partition coefficient (Wildman–Crippen LogP) is 1.95. The molecule has 0 bridgehead atoms. The average molecular weight is 231 g/mol. The molecule has 3 rings (SSSR count). The van der Waals surface area contributed by atoms with Gasteiger partial charge in [-0.1, -0.05) is 24.3 Å². The van der Waals surface area contributed by atoms with Gasteiger partial charge in [0.2, 0.25) is 0 Å². The van der Waals surface area contributed by atoms with Crippen LogP contribution < -0.4 is 5.32 Å². The van der Waals surface area contributed by atoms with Crippen molar-refractivity contribution in [1.82, 2.24) is 5.32 Å². The fourth-order valence-corrected chi connectivity index (χ4v) is 2.72. The van der Waals surface area contributed by atoms with Crippen LogP contribution in [0.2, 0.25) is 0 Å². The van der Waals surface area contributed by atoms with Gasteiger partial charge in [-0.3, -0.25) is 4.79 Å². The number of carbonyl (C=O) groups is 1. The van der Waals surface area contributed by atoms with Crippen molar-refractivity contribution in [2.24, 2.45) is 5.92 Å². The SMILES string of the molecule is O=C(O)[C@@H]1CNC[C@H]1c1ccc(C2CC2)cc1. The van der Waals surface area contributed by atoms with Crippen LogP contribution in [0.3, 0.4) is 0 Å². The van der Waals surface area contributed by atoms with Crippen LogP contribution in [0.25, 0.3) is 0 Å². The Morgan fingerprint density at radius 3 is 2.35 bits per heavy atom. The lowest BCUT2D eigenvalue weighted by Crippen LogP contribution is -2.20. The molecule has 2 aliphatic rings. The van der Waals surface area contributed by atoms with Crippen molar-refractivity contribution in [2.45, 2.75) is 24.7 Å². The Hall–Kier alpha value is -1.35. The highest BCUT2D eigenvalue weighted by Gasteiger charge is 2.34. The Labute approximate surface area is 101 Å². The third kappa shape index (κ3) is 2.07. The minimum Gasteiger partial charge on any atom is -0.481 e. The monoisotopic (exact) mass is 231 g/mol. The molecule has 0 unspecified atom stereocenters. The summed E-state index contributed by atoms with van der Waals surface area (Å²) in [4.78, 5) is 11.1. The molecule has 1 aliphatic heterocycles. The highest BCUT2D eigenvalue weighted by Crippen LogP contribution is 2.40. The highest BCUT2D eigenvalue weighted by molar-refractivity contribution is 5.72. The molecule has 0 aromatic heterocycles. The Morgan fingerprint density at radius 2 is 1.76 bits per heavy atom. The zero-order valence-corrected chi connectivity index (χ0v) is 9.73. The van der Waals surface area contributed by atoms with E-state index in [1.807, 2.05) is 0 Å². The number of aliphatic carboxylic acids is 1. The average Bonchev–Trinajstić information content (AvgIpc) is 3.06. The molecule has 3 nitrogen and oxygen atoms in total. The van der Waals surface area contributed by atoms with Crippen molar-refractivity contribution >= 4 is 5.97 Å². The largest absolute Gasteiger partial charge is 0.481 e. The van der Waals surface area contributed by atoms with E-state index >= 15 is 0 Å². The molecule has 1 saturated heterocycles. The van der Waals surface area contributed by atoms with E-state index in [0.717, 1.165) is 18.0 Å². The highest BCUT2D eigenvalue weighted by atomic mass is 16.4. The maximum atomic E-state index is 11.1. The van der Waals surface area contributed by atoms with Crippen molar-refractivity contribution in [3.05, 3.63) is 35.4 Å². The second kappa shape index (κ2) is 4.15. The van der Waals surface area contributed by atoms with Gasteiger partial charge in [-0.15, -0.1) is 0 Å². The van der Waals surface area contributed by atoms with Crippen LogP contribution in [0.15, 0.2) is 24.3 Å². The van der Waals surface area contributed by atoms with Gasteiger partial charge in [-0.05, 0) is 29.9 Å². The molecule has 1 aromatic rings. The molecule has 3 heteroatoms. The second-order valence-corrected chi connectivity index (χ2v) is 5.15. The maximum Gasteiger partial charge on any atom is 0.308 e. The van der Waals surface area contributed by atoms with Gasteiger partial charge in [0, 0.05) is 19.0 Å². The van der Waals surface area contributed by atoms with E-state index in [4.69, 9.17) is 5.11 Å². The lowest BCUT2D eigenvalue weighted by Gasteiger charge is -2.15. The molecule has 2 atom stereocenters. The van der Waals surface area contributed by atoms with Crippen LogP contribution >= 0.6 is 0 Å². The summed E-state index contributed by atoms with van der Waals surface area (Å²) < 4.78 is 0. The number of hydrogen-bond donors (Lipinski definition) is 2. The zero-order chi connectivity index (χ0) is 11.8. The summed E-state index contributed by atoms with van der Waals surface area (Å²) >= 11 is 0. The van der Waals surface area contributed by atoms with Crippen LogP contribution in [0.4, 0.5) is 0 Å². The summed E-state index contributed by atoms with van der Waals surface area (Å²) in [6.45, 7) is 1.37. The van der Waals surface area contributed by atoms with Crippen molar-refractivity contribution in [2.75, 3.05) is 13.1 Å². The standard InChI is InChI=1S/C14H17NO2/c16-14(17)13-8-15-7-12(13)11-5-3-10(4-6-11)9-1-2-9/h3-6,9,12-13,15H,1-2,7-8H2,(H,16,17)/t12-,13+/m0/s1. The molecule has 0 radical (unpaired) electrons. The Kier molecular flexibility index (Phi) is 2.63. The summed E-state index contributed by atoms with van der Waals surface area (Å²) in [7, 11) is 0. The number of hydrogen-bond acceptors (Lipinski definition) is 2. The molecule has 2 fully saturated rings. The fraction of sp³-hybridized carbons (Fsp3) is 0.500. The van der Waals surface area contributed by atoms with E-state index in [2.05, 4.69) is 29.6 Å². The summed E-state index contributed by atoms with van der Waals surface area (Å²) in [6, 6.07) is 8.57. The Bertz CT molecular complexity index is 422. The summed E-state index contributed by atoms with van der Waals surface area (Å²) in [5.74, 6) is -0.0742. The first kappa shape index (κ1) is 10.8. The summed E-state index contributed by atoms with van der Waals surface area (Å²) in [6.07, 6.45) is 2.62. The van der Waals surface area contributed by atoms with Gasteiger partial charge in [-0.25, -0.2) is 0 Å². The molecular weight excluding hydrogens is 214 g/mol. The first-order valence-corrected chi connectivity index (χ1v) is 6.29. The van der Waals surface area contributed by atoms with Crippen LogP contribution in [0.5, 0.6) is 0 Å². The van der Waals surface area contributed by atoms with Gasteiger partial charge >= 0.3 is 5.97 Å².